The van der Waals surface area contributed by atoms with Gasteiger partial charge >= 0.3 is 0 Å². The molecule has 5 heteroatoms. The van der Waals surface area contributed by atoms with Crippen LogP contribution in [0.2, 0.25) is 5.02 Å². The first kappa shape index (κ1) is 18.5. The van der Waals surface area contributed by atoms with Crippen molar-refractivity contribution in [3.05, 3.63) is 28.8 Å². The third kappa shape index (κ3) is 5.35. The lowest BCUT2D eigenvalue weighted by Crippen LogP contribution is -2.51. The molecule has 1 saturated heterocycles. The summed E-state index contributed by atoms with van der Waals surface area (Å²) in [6, 6.07) is 7.13. The van der Waals surface area contributed by atoms with Crippen molar-refractivity contribution in [2.45, 2.75) is 32.4 Å². The molecule has 1 aromatic carbocycles. The maximum absolute atomic E-state index is 6.44. The molecule has 0 bridgehead atoms. The molecule has 0 aliphatic carbocycles. The van der Waals surface area contributed by atoms with E-state index in [2.05, 4.69) is 55.2 Å². The third-order valence-electron chi connectivity index (χ3n) is 4.18. The van der Waals surface area contributed by atoms with Crippen molar-refractivity contribution in [2.75, 3.05) is 46.9 Å². The van der Waals surface area contributed by atoms with Crippen molar-refractivity contribution in [1.29, 1.82) is 0 Å². The van der Waals surface area contributed by atoms with E-state index in [0.29, 0.717) is 23.7 Å². The van der Waals surface area contributed by atoms with Gasteiger partial charge in [-0.2, -0.15) is 0 Å². The van der Waals surface area contributed by atoms with Gasteiger partial charge in [-0.15, -0.1) is 0 Å². The summed E-state index contributed by atoms with van der Waals surface area (Å²) in [7, 11) is 4.25. The van der Waals surface area contributed by atoms with Crippen molar-refractivity contribution >= 4 is 11.6 Å². The number of piperazine rings is 1. The highest BCUT2D eigenvalue weighted by Gasteiger charge is 2.26. The summed E-state index contributed by atoms with van der Waals surface area (Å²) >= 11 is 6.44. The van der Waals surface area contributed by atoms with Crippen LogP contribution in [0.15, 0.2) is 18.2 Å². The van der Waals surface area contributed by atoms with E-state index in [1.54, 1.807) is 0 Å². The molecule has 23 heavy (non-hydrogen) atoms. The van der Waals surface area contributed by atoms with Crippen LogP contribution in [0.4, 0.5) is 0 Å². The summed E-state index contributed by atoms with van der Waals surface area (Å²) in [6.07, 6.45) is 0.986. The van der Waals surface area contributed by atoms with Gasteiger partial charge in [0.25, 0.3) is 0 Å². The summed E-state index contributed by atoms with van der Waals surface area (Å²) in [5.41, 5.74) is 1.27. The fourth-order valence-electron chi connectivity index (χ4n) is 3.08. The Morgan fingerprint density at radius 3 is 2.83 bits per heavy atom. The van der Waals surface area contributed by atoms with Crippen LogP contribution in [0.3, 0.4) is 0 Å². The molecule has 1 aromatic rings. The topological polar surface area (TPSA) is 27.7 Å². The Bertz CT molecular complexity index is 495. The summed E-state index contributed by atoms with van der Waals surface area (Å²) in [5, 5.41) is 4.22. The van der Waals surface area contributed by atoms with E-state index in [0.717, 1.165) is 38.3 Å². The molecule has 2 atom stereocenters. The van der Waals surface area contributed by atoms with Gasteiger partial charge in [0.05, 0.1) is 11.6 Å². The van der Waals surface area contributed by atoms with Crippen molar-refractivity contribution in [1.82, 2.24) is 15.1 Å². The fraction of sp³-hybridized carbons (Fsp3) is 0.667. The van der Waals surface area contributed by atoms with Crippen LogP contribution in [0.25, 0.3) is 0 Å². The Morgan fingerprint density at radius 1 is 1.43 bits per heavy atom. The van der Waals surface area contributed by atoms with Crippen LogP contribution < -0.4 is 10.1 Å². The molecule has 0 amide bonds. The van der Waals surface area contributed by atoms with Gasteiger partial charge in [-0.25, -0.2) is 0 Å². The Labute approximate surface area is 145 Å². The van der Waals surface area contributed by atoms with E-state index in [1.807, 2.05) is 6.07 Å². The maximum atomic E-state index is 6.44. The van der Waals surface area contributed by atoms with Crippen molar-refractivity contribution < 1.29 is 4.74 Å². The lowest BCUT2D eigenvalue weighted by molar-refractivity contribution is 0.125. The molecular formula is C18H30ClN3O. The molecule has 1 aliphatic heterocycles. The minimum Gasteiger partial charge on any atom is -0.492 e. The molecule has 4 nitrogen and oxygen atoms in total. The highest BCUT2D eigenvalue weighted by Crippen LogP contribution is 2.31. The number of hydrogen-bond acceptors (Lipinski definition) is 4. The molecule has 2 rings (SSSR count). The molecule has 1 N–H and O–H groups in total. The van der Waals surface area contributed by atoms with Gasteiger partial charge in [0, 0.05) is 38.3 Å². The lowest BCUT2D eigenvalue weighted by Gasteiger charge is -2.39. The van der Waals surface area contributed by atoms with Gasteiger partial charge < -0.3 is 15.0 Å². The second-order valence-electron chi connectivity index (χ2n) is 6.67. The molecule has 130 valence electrons. The Hall–Kier alpha value is -0.810. The largest absolute Gasteiger partial charge is 0.492 e. The standard InChI is InChI=1S/C18H30ClN3O/c1-5-10-23-18-7-6-15(11-16(18)19)17(13-21(3)4)22-9-8-20-14(2)12-22/h6-7,11,14,17,20H,5,8-10,12-13H2,1-4H3. The van der Waals surface area contributed by atoms with E-state index >= 15 is 0 Å². The van der Waals surface area contributed by atoms with Gasteiger partial charge in [-0.1, -0.05) is 24.6 Å². The molecule has 0 saturated carbocycles. The van der Waals surface area contributed by atoms with Gasteiger partial charge in [0.2, 0.25) is 0 Å². The van der Waals surface area contributed by atoms with Crippen LogP contribution in [-0.4, -0.2) is 62.7 Å². The summed E-state index contributed by atoms with van der Waals surface area (Å²) in [6.45, 7) is 9.19. The van der Waals surface area contributed by atoms with E-state index in [1.165, 1.54) is 5.56 Å². The average molecular weight is 340 g/mol. The number of benzene rings is 1. The summed E-state index contributed by atoms with van der Waals surface area (Å²) < 4.78 is 5.70. The van der Waals surface area contributed by atoms with Crippen LogP contribution in [0.1, 0.15) is 31.9 Å². The highest BCUT2D eigenvalue weighted by molar-refractivity contribution is 6.32. The predicted octanol–water partition coefficient (Wildman–Crippen LogP) is 3.03. The van der Waals surface area contributed by atoms with Gasteiger partial charge in [-0.3, -0.25) is 4.90 Å². The second kappa shape index (κ2) is 8.88. The molecule has 0 spiro atoms. The molecule has 1 heterocycles. The van der Waals surface area contributed by atoms with Crippen molar-refractivity contribution in [2.24, 2.45) is 0 Å². The average Bonchev–Trinajstić information content (AvgIpc) is 2.51. The minimum absolute atomic E-state index is 0.354. The minimum atomic E-state index is 0.354. The van der Waals surface area contributed by atoms with Crippen LogP contribution in [0, 0.1) is 0 Å². The predicted molar refractivity (Wildman–Crippen MR) is 97.6 cm³/mol. The second-order valence-corrected chi connectivity index (χ2v) is 7.07. The number of likely N-dealkylation sites (N-methyl/N-ethyl adjacent to an activating group) is 1. The van der Waals surface area contributed by atoms with E-state index < -0.39 is 0 Å². The Balaban J connectivity index is 2.19. The monoisotopic (exact) mass is 339 g/mol. The van der Waals surface area contributed by atoms with Crippen LogP contribution in [0.5, 0.6) is 5.75 Å². The van der Waals surface area contributed by atoms with Crippen LogP contribution in [-0.2, 0) is 0 Å². The molecular weight excluding hydrogens is 310 g/mol. The number of nitrogens with zero attached hydrogens (tertiary/aromatic N) is 2. The van der Waals surface area contributed by atoms with Gasteiger partial charge in [0.1, 0.15) is 5.75 Å². The first-order valence-electron chi connectivity index (χ1n) is 8.55. The number of rotatable bonds is 7. The van der Waals surface area contributed by atoms with E-state index in [-0.39, 0.29) is 0 Å². The maximum Gasteiger partial charge on any atom is 0.137 e. The van der Waals surface area contributed by atoms with E-state index in [4.69, 9.17) is 16.3 Å². The third-order valence-corrected chi connectivity index (χ3v) is 4.48. The SMILES string of the molecule is CCCOc1ccc(C(CN(C)C)N2CCNC(C)C2)cc1Cl. The van der Waals surface area contributed by atoms with Gasteiger partial charge in [0.15, 0.2) is 0 Å². The smallest absolute Gasteiger partial charge is 0.137 e. The molecule has 0 aromatic heterocycles. The quantitative estimate of drug-likeness (QED) is 0.826. The summed E-state index contributed by atoms with van der Waals surface area (Å²) in [4.78, 5) is 4.80. The Morgan fingerprint density at radius 2 is 2.22 bits per heavy atom. The fourth-order valence-corrected chi connectivity index (χ4v) is 3.32. The zero-order valence-electron chi connectivity index (χ0n) is 14.8. The van der Waals surface area contributed by atoms with Gasteiger partial charge in [-0.05, 0) is 45.1 Å². The first-order chi connectivity index (χ1) is 11.0. The first-order valence-corrected chi connectivity index (χ1v) is 8.93. The molecule has 2 unspecified atom stereocenters. The number of ether oxygens (including phenoxy) is 1. The molecule has 1 aliphatic rings. The summed E-state index contributed by atoms with van der Waals surface area (Å²) in [5.74, 6) is 0.787. The highest BCUT2D eigenvalue weighted by atomic mass is 35.5. The van der Waals surface area contributed by atoms with E-state index in [9.17, 15) is 0 Å². The number of halogens is 1. The lowest BCUT2D eigenvalue weighted by atomic mass is 10.0. The van der Waals surface area contributed by atoms with Crippen molar-refractivity contribution in [3.8, 4) is 5.75 Å². The van der Waals surface area contributed by atoms with Crippen LogP contribution >= 0.6 is 11.6 Å². The van der Waals surface area contributed by atoms with Crippen molar-refractivity contribution in [3.63, 3.8) is 0 Å². The number of hydrogen-bond donors (Lipinski definition) is 1. The molecule has 1 fully saturated rings. The zero-order valence-corrected chi connectivity index (χ0v) is 15.6. The Kier molecular flexibility index (Phi) is 7.15. The number of nitrogens with one attached hydrogen (secondary N) is 1. The normalized spacial score (nSPS) is 20.7. The zero-order chi connectivity index (χ0) is 16.8. The molecule has 0 radical (unpaired) electrons.